The Kier molecular flexibility index (Phi) is 5.33. The Labute approximate surface area is 160 Å². The summed E-state index contributed by atoms with van der Waals surface area (Å²) in [5.41, 5.74) is 0.133. The van der Waals surface area contributed by atoms with Crippen LogP contribution in [0.1, 0.15) is 0 Å². The zero-order valence-corrected chi connectivity index (χ0v) is 15.8. The summed E-state index contributed by atoms with van der Waals surface area (Å²) in [5.74, 6) is -0.199. The van der Waals surface area contributed by atoms with E-state index in [9.17, 15) is 18.3 Å². The minimum absolute atomic E-state index is 0.0935. The molecule has 2 aromatic rings. The van der Waals surface area contributed by atoms with Crippen molar-refractivity contribution in [2.45, 2.75) is 4.90 Å². The number of ether oxygens (including phenoxy) is 3. The molecule has 0 aliphatic carbocycles. The van der Waals surface area contributed by atoms with Crippen molar-refractivity contribution in [3.8, 4) is 17.2 Å². The summed E-state index contributed by atoms with van der Waals surface area (Å²) in [5, 5.41) is 9.32. The van der Waals surface area contributed by atoms with Gasteiger partial charge in [0.25, 0.3) is 10.0 Å². The number of carboxylic acid groups (broad SMARTS) is 1. The summed E-state index contributed by atoms with van der Waals surface area (Å²) in [4.78, 5) is 11.1. The highest BCUT2D eigenvalue weighted by molar-refractivity contribution is 7.92. The molecule has 0 radical (unpaired) electrons. The van der Waals surface area contributed by atoms with E-state index in [2.05, 4.69) is 0 Å². The van der Waals surface area contributed by atoms with E-state index in [0.29, 0.717) is 30.5 Å². The van der Waals surface area contributed by atoms with Crippen molar-refractivity contribution >= 4 is 33.3 Å². The molecule has 1 aliphatic heterocycles. The zero-order valence-electron chi connectivity index (χ0n) is 14.2. The molecule has 144 valence electrons. The van der Waals surface area contributed by atoms with Crippen molar-refractivity contribution in [2.75, 3.05) is 31.2 Å². The topological polar surface area (TPSA) is 102 Å². The standard InChI is InChI=1S/C17H16ClNO7S/c1-24-14-5-3-12(9-13(14)18)27(22,23)19(10-17(20)21)11-2-4-15-16(8-11)26-7-6-25-15/h2-5,8-9H,6-7,10H2,1H3,(H,20,21). The lowest BCUT2D eigenvalue weighted by Gasteiger charge is -2.25. The summed E-state index contributed by atoms with van der Waals surface area (Å²) >= 11 is 6.03. The van der Waals surface area contributed by atoms with Gasteiger partial charge in [-0.2, -0.15) is 0 Å². The van der Waals surface area contributed by atoms with Crippen molar-refractivity contribution in [3.63, 3.8) is 0 Å². The van der Waals surface area contributed by atoms with Crippen LogP contribution in [0, 0.1) is 0 Å². The van der Waals surface area contributed by atoms with E-state index >= 15 is 0 Å². The molecule has 0 atom stereocenters. The second kappa shape index (κ2) is 7.53. The maximum Gasteiger partial charge on any atom is 0.324 e. The van der Waals surface area contributed by atoms with E-state index in [-0.39, 0.29) is 15.6 Å². The van der Waals surface area contributed by atoms with Gasteiger partial charge in [-0.25, -0.2) is 8.42 Å². The molecule has 3 rings (SSSR count). The van der Waals surface area contributed by atoms with Gasteiger partial charge in [0.15, 0.2) is 11.5 Å². The number of fused-ring (bicyclic) bond motifs is 1. The molecule has 2 aromatic carbocycles. The van der Waals surface area contributed by atoms with Crippen LogP contribution in [0.2, 0.25) is 5.02 Å². The fourth-order valence-electron chi connectivity index (χ4n) is 2.56. The summed E-state index contributed by atoms with van der Waals surface area (Å²) < 4.78 is 42.8. The van der Waals surface area contributed by atoms with E-state index in [1.165, 1.54) is 43.5 Å². The van der Waals surface area contributed by atoms with E-state index in [4.69, 9.17) is 25.8 Å². The fourth-order valence-corrected chi connectivity index (χ4v) is 4.32. The third-order valence-corrected chi connectivity index (χ3v) is 5.87. The first-order valence-electron chi connectivity index (χ1n) is 7.80. The van der Waals surface area contributed by atoms with E-state index < -0.39 is 22.5 Å². The number of rotatable bonds is 6. The number of anilines is 1. The third-order valence-electron chi connectivity index (χ3n) is 3.80. The van der Waals surface area contributed by atoms with Gasteiger partial charge in [0.05, 0.1) is 22.7 Å². The van der Waals surface area contributed by atoms with Crippen LogP contribution in [-0.4, -0.2) is 46.4 Å². The number of methoxy groups -OCH3 is 1. The van der Waals surface area contributed by atoms with Gasteiger partial charge >= 0.3 is 5.97 Å². The lowest BCUT2D eigenvalue weighted by atomic mass is 10.2. The van der Waals surface area contributed by atoms with Crippen molar-refractivity contribution < 1.29 is 32.5 Å². The molecule has 1 N–H and O–H groups in total. The Bertz CT molecular complexity index is 977. The first-order valence-corrected chi connectivity index (χ1v) is 9.62. The Hall–Kier alpha value is -2.65. The number of sulfonamides is 1. The van der Waals surface area contributed by atoms with Gasteiger partial charge in [0.1, 0.15) is 25.5 Å². The van der Waals surface area contributed by atoms with Crippen LogP contribution in [0.15, 0.2) is 41.3 Å². The molecule has 0 spiro atoms. The van der Waals surface area contributed by atoms with Gasteiger partial charge in [-0.3, -0.25) is 9.10 Å². The number of carboxylic acids is 1. The maximum atomic E-state index is 13.1. The predicted octanol–water partition coefficient (Wildman–Crippen LogP) is 2.40. The highest BCUT2D eigenvalue weighted by atomic mass is 35.5. The molecule has 1 heterocycles. The molecule has 10 heteroatoms. The van der Waals surface area contributed by atoms with E-state index in [1.54, 1.807) is 0 Å². The Morgan fingerprint density at radius 3 is 2.52 bits per heavy atom. The van der Waals surface area contributed by atoms with Crippen LogP contribution >= 0.6 is 11.6 Å². The first kappa shape index (κ1) is 19.1. The van der Waals surface area contributed by atoms with Crippen LogP contribution in [-0.2, 0) is 14.8 Å². The van der Waals surface area contributed by atoms with Crippen LogP contribution in [0.3, 0.4) is 0 Å². The quantitative estimate of drug-likeness (QED) is 0.775. The van der Waals surface area contributed by atoms with Gasteiger partial charge in [-0.05, 0) is 30.3 Å². The lowest BCUT2D eigenvalue weighted by molar-refractivity contribution is -0.135. The molecule has 27 heavy (non-hydrogen) atoms. The van der Waals surface area contributed by atoms with Crippen LogP contribution < -0.4 is 18.5 Å². The molecule has 8 nitrogen and oxygen atoms in total. The number of carbonyl (C=O) groups is 1. The number of benzene rings is 2. The molecule has 1 aliphatic rings. The molecule has 0 saturated carbocycles. The molecule has 0 aromatic heterocycles. The molecule has 0 unspecified atom stereocenters. The second-order valence-electron chi connectivity index (χ2n) is 5.53. The maximum absolute atomic E-state index is 13.1. The highest BCUT2D eigenvalue weighted by Crippen LogP contribution is 2.36. The van der Waals surface area contributed by atoms with Crippen molar-refractivity contribution in [1.82, 2.24) is 0 Å². The largest absolute Gasteiger partial charge is 0.495 e. The number of hydrogen-bond donors (Lipinski definition) is 1. The molecule has 0 fully saturated rings. The van der Waals surface area contributed by atoms with Crippen LogP contribution in [0.4, 0.5) is 5.69 Å². The van der Waals surface area contributed by atoms with Gasteiger partial charge < -0.3 is 19.3 Å². The van der Waals surface area contributed by atoms with E-state index in [1.807, 2.05) is 0 Å². The SMILES string of the molecule is COc1ccc(S(=O)(=O)N(CC(=O)O)c2ccc3c(c2)OCCO3)cc1Cl. The lowest BCUT2D eigenvalue weighted by Crippen LogP contribution is -2.35. The summed E-state index contributed by atoms with van der Waals surface area (Å²) in [6.45, 7) is -0.0737. The minimum atomic E-state index is -4.21. The van der Waals surface area contributed by atoms with Crippen LogP contribution in [0.25, 0.3) is 0 Å². The van der Waals surface area contributed by atoms with Gasteiger partial charge in [0.2, 0.25) is 0 Å². The minimum Gasteiger partial charge on any atom is -0.495 e. The van der Waals surface area contributed by atoms with Crippen molar-refractivity contribution in [1.29, 1.82) is 0 Å². The number of aliphatic carboxylic acids is 1. The molecular formula is C17H16ClNO7S. The molecule has 0 amide bonds. The molecule has 0 bridgehead atoms. The number of hydrogen-bond acceptors (Lipinski definition) is 6. The van der Waals surface area contributed by atoms with Crippen molar-refractivity contribution in [3.05, 3.63) is 41.4 Å². The number of nitrogens with zero attached hydrogens (tertiary/aromatic N) is 1. The van der Waals surface area contributed by atoms with Gasteiger partial charge in [-0.1, -0.05) is 11.6 Å². The monoisotopic (exact) mass is 413 g/mol. The molecular weight excluding hydrogens is 398 g/mol. The zero-order chi connectivity index (χ0) is 19.6. The average Bonchev–Trinajstić information content (AvgIpc) is 2.65. The summed E-state index contributed by atoms with van der Waals surface area (Å²) in [7, 11) is -2.80. The average molecular weight is 414 g/mol. The fraction of sp³-hybridized carbons (Fsp3) is 0.235. The first-order chi connectivity index (χ1) is 12.8. The van der Waals surface area contributed by atoms with E-state index in [0.717, 1.165) is 4.31 Å². The number of halogens is 1. The summed E-state index contributed by atoms with van der Waals surface area (Å²) in [6.07, 6.45) is 0. The normalized spacial score (nSPS) is 13.1. The summed E-state index contributed by atoms with van der Waals surface area (Å²) in [6, 6.07) is 8.34. The smallest absolute Gasteiger partial charge is 0.324 e. The predicted molar refractivity (Wildman–Crippen MR) is 97.6 cm³/mol. The van der Waals surface area contributed by atoms with Crippen molar-refractivity contribution in [2.24, 2.45) is 0 Å². The second-order valence-corrected chi connectivity index (χ2v) is 7.80. The van der Waals surface area contributed by atoms with Gasteiger partial charge in [-0.15, -0.1) is 0 Å². The Morgan fingerprint density at radius 2 is 1.89 bits per heavy atom. The highest BCUT2D eigenvalue weighted by Gasteiger charge is 2.29. The Balaban J connectivity index is 2.06. The van der Waals surface area contributed by atoms with Gasteiger partial charge in [0, 0.05) is 6.07 Å². The molecule has 0 saturated heterocycles. The van der Waals surface area contributed by atoms with Crippen LogP contribution in [0.5, 0.6) is 17.2 Å². The Morgan fingerprint density at radius 1 is 1.19 bits per heavy atom. The third kappa shape index (κ3) is 3.88.